The monoisotopic (exact) mass is 319 g/mol. The average Bonchev–Trinajstić information content (AvgIpc) is 2.93. The van der Waals surface area contributed by atoms with Crippen LogP contribution in [0.5, 0.6) is 0 Å². The summed E-state index contributed by atoms with van der Waals surface area (Å²) >= 11 is 1.71. The number of aromatic nitrogens is 3. The van der Waals surface area contributed by atoms with Gasteiger partial charge in [-0.1, -0.05) is 48.9 Å². The molecule has 22 heavy (non-hydrogen) atoms. The van der Waals surface area contributed by atoms with Gasteiger partial charge in [0, 0.05) is 24.5 Å². The summed E-state index contributed by atoms with van der Waals surface area (Å²) in [4.78, 5) is 0. The second-order valence-corrected chi connectivity index (χ2v) is 6.30. The lowest BCUT2D eigenvalue weighted by atomic mass is 10.1. The second-order valence-electron chi connectivity index (χ2n) is 5.23. The summed E-state index contributed by atoms with van der Waals surface area (Å²) in [6.45, 7) is 8.89. The molecule has 1 aromatic heterocycles. The van der Waals surface area contributed by atoms with Crippen LogP contribution in [0.25, 0.3) is 11.4 Å². The summed E-state index contributed by atoms with van der Waals surface area (Å²) in [6, 6.07) is 8.40. The molecule has 2 rings (SSSR count). The zero-order valence-electron chi connectivity index (χ0n) is 13.7. The van der Waals surface area contributed by atoms with E-state index in [0.717, 1.165) is 48.5 Å². The van der Waals surface area contributed by atoms with E-state index in [1.807, 2.05) is 0 Å². The summed E-state index contributed by atoms with van der Waals surface area (Å²) < 4.78 is 7.77. The van der Waals surface area contributed by atoms with E-state index < -0.39 is 0 Å². The van der Waals surface area contributed by atoms with Crippen molar-refractivity contribution in [1.82, 2.24) is 14.8 Å². The largest absolute Gasteiger partial charge is 0.381 e. The van der Waals surface area contributed by atoms with Gasteiger partial charge >= 0.3 is 0 Å². The third-order valence-corrected chi connectivity index (χ3v) is 4.34. The van der Waals surface area contributed by atoms with Crippen LogP contribution in [0.3, 0.4) is 0 Å². The zero-order chi connectivity index (χ0) is 15.8. The molecule has 0 atom stereocenters. The van der Waals surface area contributed by atoms with Crippen LogP contribution in [0.1, 0.15) is 32.3 Å². The first kappa shape index (κ1) is 17.0. The average molecular weight is 319 g/mol. The lowest BCUT2D eigenvalue weighted by molar-refractivity contribution is 0.147. The van der Waals surface area contributed by atoms with Gasteiger partial charge in [-0.3, -0.25) is 0 Å². The number of ether oxygens (including phenoxy) is 1. The number of aryl methyl sites for hydroxylation is 1. The molecule has 0 saturated heterocycles. The van der Waals surface area contributed by atoms with E-state index in [2.05, 4.69) is 59.8 Å². The van der Waals surface area contributed by atoms with Crippen molar-refractivity contribution in [3.05, 3.63) is 29.8 Å². The maximum Gasteiger partial charge on any atom is 0.191 e. The van der Waals surface area contributed by atoms with Gasteiger partial charge in [0.1, 0.15) is 0 Å². The van der Waals surface area contributed by atoms with Crippen molar-refractivity contribution in [2.24, 2.45) is 0 Å². The standard InChI is InChI=1S/C17H25N3OS/c1-4-6-10-21-11-12-22-17-19-18-16(20(17)5-2)15-9-7-8-14(3)13-15/h7-9,13H,4-6,10-12H2,1-3H3. The van der Waals surface area contributed by atoms with E-state index in [0.29, 0.717) is 0 Å². The summed E-state index contributed by atoms with van der Waals surface area (Å²) in [6.07, 6.45) is 2.31. The highest BCUT2D eigenvalue weighted by atomic mass is 32.2. The van der Waals surface area contributed by atoms with Crippen LogP contribution in [0.4, 0.5) is 0 Å². The van der Waals surface area contributed by atoms with Crippen LogP contribution < -0.4 is 0 Å². The van der Waals surface area contributed by atoms with E-state index in [1.54, 1.807) is 11.8 Å². The van der Waals surface area contributed by atoms with Gasteiger partial charge in [0.05, 0.1) is 6.61 Å². The SMILES string of the molecule is CCCCOCCSc1nnc(-c2cccc(C)c2)n1CC. The molecule has 0 aliphatic rings. The van der Waals surface area contributed by atoms with Crippen molar-refractivity contribution in [2.45, 2.75) is 45.3 Å². The van der Waals surface area contributed by atoms with Crippen molar-refractivity contribution in [3.8, 4) is 11.4 Å². The van der Waals surface area contributed by atoms with Crippen molar-refractivity contribution in [3.63, 3.8) is 0 Å². The Kier molecular flexibility index (Phi) is 6.93. The number of hydrogen-bond donors (Lipinski definition) is 0. The Morgan fingerprint density at radius 2 is 2.05 bits per heavy atom. The Labute approximate surface area is 137 Å². The number of thioether (sulfide) groups is 1. The molecule has 1 heterocycles. The maximum atomic E-state index is 5.60. The molecule has 0 amide bonds. The van der Waals surface area contributed by atoms with Crippen molar-refractivity contribution in [1.29, 1.82) is 0 Å². The normalized spacial score (nSPS) is 11.0. The van der Waals surface area contributed by atoms with Crippen LogP contribution in [-0.4, -0.2) is 33.7 Å². The van der Waals surface area contributed by atoms with E-state index in [-0.39, 0.29) is 0 Å². The number of benzene rings is 1. The zero-order valence-corrected chi connectivity index (χ0v) is 14.5. The minimum Gasteiger partial charge on any atom is -0.381 e. The number of rotatable bonds is 9. The molecule has 0 bridgehead atoms. The van der Waals surface area contributed by atoms with Crippen LogP contribution >= 0.6 is 11.8 Å². The fourth-order valence-electron chi connectivity index (χ4n) is 2.22. The Morgan fingerprint density at radius 1 is 1.18 bits per heavy atom. The lowest BCUT2D eigenvalue weighted by Crippen LogP contribution is -2.03. The Balaban J connectivity index is 1.99. The van der Waals surface area contributed by atoms with Gasteiger partial charge in [-0.2, -0.15) is 0 Å². The fourth-order valence-corrected chi connectivity index (χ4v) is 3.07. The van der Waals surface area contributed by atoms with E-state index >= 15 is 0 Å². The number of unbranched alkanes of at least 4 members (excludes halogenated alkanes) is 1. The Bertz CT molecular complexity index is 583. The molecular weight excluding hydrogens is 294 g/mol. The molecule has 0 N–H and O–H groups in total. The predicted molar refractivity (Wildman–Crippen MR) is 92.3 cm³/mol. The molecule has 4 nitrogen and oxygen atoms in total. The maximum absolute atomic E-state index is 5.60. The van der Waals surface area contributed by atoms with Gasteiger partial charge in [0.15, 0.2) is 11.0 Å². The molecule has 0 radical (unpaired) electrons. The lowest BCUT2D eigenvalue weighted by Gasteiger charge is -2.08. The van der Waals surface area contributed by atoms with Crippen molar-refractivity contribution >= 4 is 11.8 Å². The molecule has 1 aromatic carbocycles. The van der Waals surface area contributed by atoms with Crippen LogP contribution in [0, 0.1) is 6.92 Å². The van der Waals surface area contributed by atoms with Crippen molar-refractivity contribution in [2.75, 3.05) is 19.0 Å². The molecule has 0 saturated carbocycles. The topological polar surface area (TPSA) is 39.9 Å². The number of nitrogens with zero attached hydrogens (tertiary/aromatic N) is 3. The minimum atomic E-state index is 0.765. The minimum absolute atomic E-state index is 0.765. The van der Waals surface area contributed by atoms with E-state index in [4.69, 9.17) is 4.74 Å². The summed E-state index contributed by atoms with van der Waals surface area (Å²) in [7, 11) is 0. The third-order valence-electron chi connectivity index (χ3n) is 3.41. The molecule has 0 aliphatic heterocycles. The van der Waals surface area contributed by atoms with Gasteiger partial charge in [-0.05, 0) is 26.3 Å². The molecule has 0 spiro atoms. The van der Waals surface area contributed by atoms with Gasteiger partial charge in [-0.25, -0.2) is 0 Å². The molecule has 5 heteroatoms. The van der Waals surface area contributed by atoms with Gasteiger partial charge in [-0.15, -0.1) is 10.2 Å². The third kappa shape index (κ3) is 4.58. The van der Waals surface area contributed by atoms with Gasteiger partial charge < -0.3 is 9.30 Å². The van der Waals surface area contributed by atoms with E-state index in [9.17, 15) is 0 Å². The fraction of sp³-hybridized carbons (Fsp3) is 0.529. The number of hydrogen-bond acceptors (Lipinski definition) is 4. The molecule has 0 unspecified atom stereocenters. The smallest absolute Gasteiger partial charge is 0.191 e. The first-order chi connectivity index (χ1) is 10.8. The Morgan fingerprint density at radius 3 is 2.77 bits per heavy atom. The second kappa shape index (κ2) is 8.96. The first-order valence-electron chi connectivity index (χ1n) is 7.97. The molecule has 2 aromatic rings. The van der Waals surface area contributed by atoms with E-state index in [1.165, 1.54) is 12.0 Å². The van der Waals surface area contributed by atoms with Crippen LogP contribution in [0.2, 0.25) is 0 Å². The van der Waals surface area contributed by atoms with Gasteiger partial charge in [0.2, 0.25) is 0 Å². The summed E-state index contributed by atoms with van der Waals surface area (Å²) in [5, 5.41) is 9.70. The molecular formula is C17H25N3OS. The molecule has 0 aliphatic carbocycles. The highest BCUT2D eigenvalue weighted by molar-refractivity contribution is 7.99. The highest BCUT2D eigenvalue weighted by Gasteiger charge is 2.12. The predicted octanol–water partition coefficient (Wildman–Crippen LogP) is 4.18. The highest BCUT2D eigenvalue weighted by Crippen LogP contribution is 2.24. The summed E-state index contributed by atoms with van der Waals surface area (Å²) in [5.74, 6) is 1.86. The van der Waals surface area contributed by atoms with Crippen molar-refractivity contribution < 1.29 is 4.74 Å². The molecule has 0 fully saturated rings. The van der Waals surface area contributed by atoms with Gasteiger partial charge in [0.25, 0.3) is 0 Å². The summed E-state index contributed by atoms with van der Waals surface area (Å²) in [5.41, 5.74) is 2.36. The first-order valence-corrected chi connectivity index (χ1v) is 8.95. The van der Waals surface area contributed by atoms with Crippen LogP contribution in [0.15, 0.2) is 29.4 Å². The molecule has 120 valence electrons. The van der Waals surface area contributed by atoms with Crippen LogP contribution in [-0.2, 0) is 11.3 Å². The quantitative estimate of drug-likeness (QED) is 0.513. The Hall–Kier alpha value is -1.33.